The summed E-state index contributed by atoms with van der Waals surface area (Å²) in [6, 6.07) is 11.3. The first-order valence-corrected chi connectivity index (χ1v) is 5.55. The van der Waals surface area contributed by atoms with Crippen LogP contribution in [0, 0.1) is 0 Å². The number of carbonyl (C=O) groups is 1. The minimum Gasteiger partial charge on any atom is -0.287 e. The highest BCUT2D eigenvalue weighted by molar-refractivity contribution is 5.94. The molecule has 17 heavy (non-hydrogen) atoms. The molecule has 0 saturated carbocycles. The highest BCUT2D eigenvalue weighted by Crippen LogP contribution is 1.99. The number of allylic oxidation sites excluding steroid dienone is 1. The van der Waals surface area contributed by atoms with Gasteiger partial charge in [-0.1, -0.05) is 36.4 Å². The molecule has 0 fully saturated rings. The van der Waals surface area contributed by atoms with E-state index >= 15 is 0 Å². The lowest BCUT2D eigenvalue weighted by Gasteiger charge is -2.00. The van der Waals surface area contributed by atoms with Gasteiger partial charge in [0.15, 0.2) is 6.20 Å². The molecule has 1 aromatic carbocycles. The predicted molar refractivity (Wildman–Crippen MR) is 65.6 cm³/mol. The van der Waals surface area contributed by atoms with Gasteiger partial charge >= 0.3 is 0 Å². The fourth-order valence-electron chi connectivity index (χ4n) is 1.71. The first-order valence-electron chi connectivity index (χ1n) is 5.55. The van der Waals surface area contributed by atoms with Crippen LogP contribution in [0.1, 0.15) is 10.4 Å². The maximum Gasteiger partial charge on any atom is 0.234 e. The Morgan fingerprint density at radius 1 is 1.29 bits per heavy atom. The van der Waals surface area contributed by atoms with Gasteiger partial charge in [0.05, 0.1) is 12.7 Å². The molecule has 0 unspecified atom stereocenters. The molecule has 0 saturated heterocycles. The van der Waals surface area contributed by atoms with E-state index in [0.29, 0.717) is 13.1 Å². The van der Waals surface area contributed by atoms with E-state index in [0.717, 1.165) is 5.56 Å². The fourth-order valence-corrected chi connectivity index (χ4v) is 1.71. The second-order valence-electron chi connectivity index (χ2n) is 3.79. The predicted octanol–water partition coefficient (Wildman–Crippen LogP) is 1.84. The molecule has 0 N–H and O–H groups in total. The average Bonchev–Trinajstić information content (AvgIpc) is 2.78. The third kappa shape index (κ3) is 2.69. The lowest BCUT2D eigenvalue weighted by molar-refractivity contribution is -0.762. The second kappa shape index (κ2) is 5.25. The van der Waals surface area contributed by atoms with Crippen molar-refractivity contribution in [3.05, 3.63) is 67.0 Å². The van der Waals surface area contributed by atoms with Crippen molar-refractivity contribution in [2.75, 3.05) is 0 Å². The smallest absolute Gasteiger partial charge is 0.234 e. The van der Waals surface area contributed by atoms with E-state index in [9.17, 15) is 4.79 Å². The summed E-state index contributed by atoms with van der Waals surface area (Å²) >= 11 is 0. The van der Waals surface area contributed by atoms with Crippen LogP contribution in [0.15, 0.2) is 61.4 Å². The van der Waals surface area contributed by atoms with Gasteiger partial charge in [0.25, 0.3) is 0 Å². The third-order valence-corrected chi connectivity index (χ3v) is 2.56. The fraction of sp³-hybridized carbons (Fsp3) is 0.143. The SMILES string of the molecule is C=CCn1ccc[n+]1CC(=O)c1ccccc1. The standard InChI is InChI=1S/C14H15N2O/c1-2-9-15-10-6-11-16(15)12-14(17)13-7-4-3-5-8-13/h2-8,10-11H,1,9,12H2/q+1. The first-order chi connectivity index (χ1) is 8.31. The van der Waals surface area contributed by atoms with Gasteiger partial charge in [-0.15, -0.1) is 11.3 Å². The van der Waals surface area contributed by atoms with Crippen LogP contribution < -0.4 is 4.68 Å². The Balaban J connectivity index is 2.13. The molecule has 0 amide bonds. The van der Waals surface area contributed by atoms with E-state index in [1.807, 2.05) is 64.2 Å². The van der Waals surface area contributed by atoms with Crippen LogP contribution in [0.4, 0.5) is 0 Å². The molecule has 86 valence electrons. The molecule has 0 aliphatic heterocycles. The molecule has 0 bridgehead atoms. The van der Waals surface area contributed by atoms with E-state index in [4.69, 9.17) is 0 Å². The number of nitrogens with zero attached hydrogens (tertiary/aromatic N) is 2. The van der Waals surface area contributed by atoms with Gasteiger partial charge in [0.2, 0.25) is 12.3 Å². The minimum absolute atomic E-state index is 0.111. The normalized spacial score (nSPS) is 10.1. The van der Waals surface area contributed by atoms with Gasteiger partial charge < -0.3 is 0 Å². The second-order valence-corrected chi connectivity index (χ2v) is 3.79. The number of benzene rings is 1. The summed E-state index contributed by atoms with van der Waals surface area (Å²) in [5.74, 6) is 0.111. The lowest BCUT2D eigenvalue weighted by Crippen LogP contribution is -2.45. The summed E-state index contributed by atoms with van der Waals surface area (Å²) in [5, 5.41) is 0. The van der Waals surface area contributed by atoms with Crippen molar-refractivity contribution in [1.82, 2.24) is 4.68 Å². The Labute approximate surface area is 101 Å². The molecule has 0 atom stereocenters. The Hall–Kier alpha value is -2.16. The molecule has 2 rings (SSSR count). The van der Waals surface area contributed by atoms with Crippen molar-refractivity contribution in [3.63, 3.8) is 0 Å². The Morgan fingerprint density at radius 3 is 2.76 bits per heavy atom. The summed E-state index contributed by atoms with van der Waals surface area (Å²) in [6.07, 6.45) is 5.63. The Kier molecular flexibility index (Phi) is 3.50. The first kappa shape index (κ1) is 11.3. The number of hydrogen-bond donors (Lipinski definition) is 0. The molecule has 0 radical (unpaired) electrons. The van der Waals surface area contributed by atoms with Gasteiger partial charge in [-0.25, -0.2) is 0 Å². The third-order valence-electron chi connectivity index (χ3n) is 2.56. The van der Waals surface area contributed by atoms with Crippen molar-refractivity contribution in [2.24, 2.45) is 0 Å². The Morgan fingerprint density at radius 2 is 2.06 bits per heavy atom. The molecular formula is C14H15N2O+. The van der Waals surface area contributed by atoms with Gasteiger partial charge in [0.1, 0.15) is 0 Å². The monoisotopic (exact) mass is 227 g/mol. The summed E-state index contributed by atoms with van der Waals surface area (Å²) in [5.41, 5.74) is 0.742. The summed E-state index contributed by atoms with van der Waals surface area (Å²) in [4.78, 5) is 12.0. The van der Waals surface area contributed by atoms with Crippen molar-refractivity contribution < 1.29 is 9.48 Å². The van der Waals surface area contributed by atoms with Crippen molar-refractivity contribution in [2.45, 2.75) is 13.1 Å². The van der Waals surface area contributed by atoms with Crippen LogP contribution in [0.5, 0.6) is 0 Å². The lowest BCUT2D eigenvalue weighted by atomic mass is 10.1. The maximum absolute atomic E-state index is 12.0. The summed E-state index contributed by atoms with van der Waals surface area (Å²) < 4.78 is 3.84. The zero-order valence-electron chi connectivity index (χ0n) is 9.62. The number of ketones is 1. The largest absolute Gasteiger partial charge is 0.287 e. The number of Topliss-reactive ketones (excluding diaryl/α,β-unsaturated/α-hetero) is 1. The van der Waals surface area contributed by atoms with Crippen molar-refractivity contribution in [1.29, 1.82) is 0 Å². The van der Waals surface area contributed by atoms with Crippen LogP contribution in [0.3, 0.4) is 0 Å². The van der Waals surface area contributed by atoms with Crippen LogP contribution in [-0.4, -0.2) is 10.5 Å². The van der Waals surface area contributed by atoms with E-state index < -0.39 is 0 Å². The quantitative estimate of drug-likeness (QED) is 0.435. The van der Waals surface area contributed by atoms with Gasteiger partial charge in [-0.05, 0) is 0 Å². The van der Waals surface area contributed by atoms with Gasteiger partial charge in [0, 0.05) is 11.6 Å². The van der Waals surface area contributed by atoms with E-state index in [1.54, 1.807) is 0 Å². The molecule has 0 spiro atoms. The molecule has 1 heterocycles. The molecular weight excluding hydrogens is 212 g/mol. The highest BCUT2D eigenvalue weighted by Gasteiger charge is 2.14. The van der Waals surface area contributed by atoms with Crippen LogP contribution in [-0.2, 0) is 13.1 Å². The van der Waals surface area contributed by atoms with Crippen LogP contribution in [0.2, 0.25) is 0 Å². The number of hydrogen-bond acceptors (Lipinski definition) is 1. The Bertz CT molecular complexity index is 514. The topological polar surface area (TPSA) is 25.9 Å². The van der Waals surface area contributed by atoms with Crippen LogP contribution in [0.25, 0.3) is 0 Å². The van der Waals surface area contributed by atoms with Gasteiger partial charge in [-0.2, -0.15) is 4.68 Å². The number of aromatic nitrogens is 2. The minimum atomic E-state index is 0.111. The zero-order chi connectivity index (χ0) is 12.1. The maximum atomic E-state index is 12.0. The molecule has 3 heteroatoms. The summed E-state index contributed by atoms with van der Waals surface area (Å²) in [6.45, 7) is 4.75. The molecule has 0 aliphatic rings. The number of rotatable bonds is 5. The molecule has 2 aromatic rings. The molecule has 1 aromatic heterocycles. The van der Waals surface area contributed by atoms with E-state index in [2.05, 4.69) is 6.58 Å². The number of carbonyl (C=O) groups excluding carboxylic acids is 1. The van der Waals surface area contributed by atoms with Crippen molar-refractivity contribution in [3.8, 4) is 0 Å². The van der Waals surface area contributed by atoms with Crippen molar-refractivity contribution >= 4 is 5.78 Å². The van der Waals surface area contributed by atoms with Gasteiger partial charge in [-0.3, -0.25) is 4.79 Å². The average molecular weight is 227 g/mol. The highest BCUT2D eigenvalue weighted by atomic mass is 16.1. The molecule has 0 aliphatic carbocycles. The van der Waals surface area contributed by atoms with E-state index in [-0.39, 0.29) is 5.78 Å². The molecule has 3 nitrogen and oxygen atoms in total. The zero-order valence-corrected chi connectivity index (χ0v) is 9.62. The van der Waals surface area contributed by atoms with E-state index in [1.165, 1.54) is 0 Å². The van der Waals surface area contributed by atoms with Crippen LogP contribution >= 0.6 is 0 Å². The summed E-state index contributed by atoms with van der Waals surface area (Å²) in [7, 11) is 0.